The lowest BCUT2D eigenvalue weighted by Gasteiger charge is -2.38. The summed E-state index contributed by atoms with van der Waals surface area (Å²) in [6, 6.07) is 0.424. The SMILES string of the molecule is CCCCC(=O)N1CC[C@H](N(CC2CCCCC2)C2=CC(Cl)=C(N)CC2)C1. The highest BCUT2D eigenvalue weighted by atomic mass is 35.5. The number of allylic oxidation sites excluding steroid dienone is 4. The zero-order valence-corrected chi connectivity index (χ0v) is 17.6. The molecule has 152 valence electrons. The van der Waals surface area contributed by atoms with E-state index >= 15 is 0 Å². The third-order valence-electron chi connectivity index (χ3n) is 6.50. The van der Waals surface area contributed by atoms with E-state index < -0.39 is 0 Å². The van der Waals surface area contributed by atoms with Crippen molar-refractivity contribution in [1.29, 1.82) is 0 Å². The molecule has 0 aromatic carbocycles. The third kappa shape index (κ3) is 5.43. The first-order valence-corrected chi connectivity index (χ1v) is 11.4. The number of hydrogen-bond acceptors (Lipinski definition) is 3. The summed E-state index contributed by atoms with van der Waals surface area (Å²) in [7, 11) is 0. The lowest BCUT2D eigenvalue weighted by Crippen LogP contribution is -2.41. The number of unbranched alkanes of at least 4 members (excludes halogenated alkanes) is 1. The first kappa shape index (κ1) is 20.6. The van der Waals surface area contributed by atoms with E-state index in [-0.39, 0.29) is 0 Å². The Kier molecular flexibility index (Phi) is 7.51. The maximum absolute atomic E-state index is 12.5. The van der Waals surface area contributed by atoms with Crippen molar-refractivity contribution in [3.8, 4) is 0 Å². The molecule has 0 aromatic heterocycles. The van der Waals surface area contributed by atoms with Gasteiger partial charge in [0.25, 0.3) is 0 Å². The van der Waals surface area contributed by atoms with E-state index in [0.29, 0.717) is 23.4 Å². The summed E-state index contributed by atoms with van der Waals surface area (Å²) in [5.74, 6) is 1.10. The van der Waals surface area contributed by atoms with Gasteiger partial charge in [-0.25, -0.2) is 0 Å². The molecule has 1 heterocycles. The van der Waals surface area contributed by atoms with Gasteiger partial charge in [-0.3, -0.25) is 4.79 Å². The molecule has 3 aliphatic rings. The van der Waals surface area contributed by atoms with Gasteiger partial charge in [0.1, 0.15) is 0 Å². The van der Waals surface area contributed by atoms with Gasteiger partial charge in [0, 0.05) is 43.5 Å². The highest BCUT2D eigenvalue weighted by Crippen LogP contribution is 2.33. The van der Waals surface area contributed by atoms with E-state index in [1.165, 1.54) is 37.8 Å². The fourth-order valence-corrected chi connectivity index (χ4v) is 5.00. The van der Waals surface area contributed by atoms with Crippen LogP contribution in [0.25, 0.3) is 0 Å². The topological polar surface area (TPSA) is 49.6 Å². The molecule has 0 unspecified atom stereocenters. The van der Waals surface area contributed by atoms with Crippen LogP contribution in [0.4, 0.5) is 0 Å². The van der Waals surface area contributed by atoms with E-state index in [9.17, 15) is 4.79 Å². The molecule has 0 bridgehead atoms. The number of carbonyl (C=O) groups excluding carboxylic acids is 1. The molecule has 27 heavy (non-hydrogen) atoms. The van der Waals surface area contributed by atoms with Crippen molar-refractivity contribution < 1.29 is 4.79 Å². The highest BCUT2D eigenvalue weighted by Gasteiger charge is 2.33. The largest absolute Gasteiger partial charge is 0.401 e. The fraction of sp³-hybridized carbons (Fsp3) is 0.773. The predicted molar refractivity (Wildman–Crippen MR) is 112 cm³/mol. The smallest absolute Gasteiger partial charge is 0.222 e. The standard InChI is InChI=1S/C22H36ClN3O/c1-2-3-9-22(27)25-13-12-19(16-25)26(15-17-7-5-4-6-8-17)18-10-11-21(24)20(23)14-18/h14,17,19H,2-13,15-16,24H2,1H3/t19-/m0/s1. The number of hydrogen-bond donors (Lipinski definition) is 1. The molecule has 0 spiro atoms. The van der Waals surface area contributed by atoms with Gasteiger partial charge in [0.05, 0.1) is 5.03 Å². The summed E-state index contributed by atoms with van der Waals surface area (Å²) in [6.45, 7) is 5.01. The average molecular weight is 394 g/mol. The van der Waals surface area contributed by atoms with E-state index in [0.717, 1.165) is 63.4 Å². The first-order chi connectivity index (χ1) is 13.1. The number of amides is 1. The molecule has 2 aliphatic carbocycles. The Morgan fingerprint density at radius 1 is 1.26 bits per heavy atom. The normalized spacial score (nSPS) is 24.3. The number of nitrogens with two attached hydrogens (primary N) is 1. The van der Waals surface area contributed by atoms with Crippen molar-refractivity contribution in [2.75, 3.05) is 19.6 Å². The second-order valence-corrected chi connectivity index (χ2v) is 8.96. The van der Waals surface area contributed by atoms with Crippen LogP contribution >= 0.6 is 11.6 Å². The van der Waals surface area contributed by atoms with Gasteiger partial charge < -0.3 is 15.5 Å². The Balaban J connectivity index is 1.70. The Labute approximate surface area is 169 Å². The Morgan fingerprint density at radius 2 is 2.04 bits per heavy atom. The van der Waals surface area contributed by atoms with Crippen LogP contribution < -0.4 is 5.73 Å². The van der Waals surface area contributed by atoms with E-state index in [4.69, 9.17) is 17.3 Å². The van der Waals surface area contributed by atoms with Crippen molar-refractivity contribution in [1.82, 2.24) is 9.80 Å². The summed E-state index contributed by atoms with van der Waals surface area (Å²) in [6.07, 6.45) is 14.5. The molecular weight excluding hydrogens is 358 g/mol. The van der Waals surface area contributed by atoms with Crippen molar-refractivity contribution >= 4 is 17.5 Å². The minimum Gasteiger partial charge on any atom is -0.401 e. The molecule has 2 N–H and O–H groups in total. The predicted octanol–water partition coefficient (Wildman–Crippen LogP) is 4.75. The molecule has 0 aromatic rings. The van der Waals surface area contributed by atoms with Crippen LogP contribution in [0.2, 0.25) is 0 Å². The molecule has 1 atom stereocenters. The second kappa shape index (κ2) is 9.86. The van der Waals surface area contributed by atoms with E-state index in [1.54, 1.807) is 0 Å². The summed E-state index contributed by atoms with van der Waals surface area (Å²) >= 11 is 6.38. The molecule has 4 nitrogen and oxygen atoms in total. The quantitative estimate of drug-likeness (QED) is 0.679. The zero-order valence-electron chi connectivity index (χ0n) is 16.9. The Morgan fingerprint density at radius 3 is 2.74 bits per heavy atom. The van der Waals surface area contributed by atoms with Gasteiger partial charge in [0.15, 0.2) is 0 Å². The zero-order chi connectivity index (χ0) is 19.2. The number of rotatable bonds is 7. The number of halogens is 1. The van der Waals surface area contributed by atoms with Crippen LogP contribution in [0.5, 0.6) is 0 Å². The summed E-state index contributed by atoms with van der Waals surface area (Å²) in [4.78, 5) is 17.2. The minimum atomic E-state index is 0.330. The van der Waals surface area contributed by atoms with Gasteiger partial charge in [-0.1, -0.05) is 44.2 Å². The summed E-state index contributed by atoms with van der Waals surface area (Å²) in [5, 5.41) is 0.707. The van der Waals surface area contributed by atoms with Crippen LogP contribution in [-0.4, -0.2) is 41.4 Å². The van der Waals surface area contributed by atoms with Crippen LogP contribution in [0.1, 0.15) is 77.6 Å². The van der Waals surface area contributed by atoms with Gasteiger partial charge >= 0.3 is 0 Å². The van der Waals surface area contributed by atoms with Crippen molar-refractivity contribution in [2.45, 2.75) is 83.6 Å². The monoisotopic (exact) mass is 393 g/mol. The van der Waals surface area contributed by atoms with Crippen molar-refractivity contribution in [2.24, 2.45) is 11.7 Å². The summed E-state index contributed by atoms with van der Waals surface area (Å²) < 4.78 is 0. The van der Waals surface area contributed by atoms with E-state index in [1.807, 2.05) is 0 Å². The lowest BCUT2D eigenvalue weighted by molar-refractivity contribution is -0.130. The van der Waals surface area contributed by atoms with Gasteiger partial charge in [-0.05, 0) is 50.5 Å². The van der Waals surface area contributed by atoms with Crippen LogP contribution in [-0.2, 0) is 4.79 Å². The molecular formula is C22H36ClN3O. The Bertz CT molecular complexity index is 580. The first-order valence-electron chi connectivity index (χ1n) is 11.0. The maximum Gasteiger partial charge on any atom is 0.222 e. The fourth-order valence-electron chi connectivity index (χ4n) is 4.78. The molecule has 0 radical (unpaired) electrons. The van der Waals surface area contributed by atoms with Crippen LogP contribution in [0, 0.1) is 5.92 Å². The van der Waals surface area contributed by atoms with Crippen molar-refractivity contribution in [3.05, 3.63) is 22.5 Å². The molecule has 5 heteroatoms. The van der Waals surface area contributed by atoms with Gasteiger partial charge in [0.2, 0.25) is 5.91 Å². The van der Waals surface area contributed by atoms with Crippen LogP contribution in [0.3, 0.4) is 0 Å². The number of nitrogens with zero attached hydrogens (tertiary/aromatic N) is 2. The molecule has 3 rings (SSSR count). The van der Waals surface area contributed by atoms with Crippen LogP contribution in [0.15, 0.2) is 22.5 Å². The molecule has 1 saturated carbocycles. The summed E-state index contributed by atoms with van der Waals surface area (Å²) in [5.41, 5.74) is 8.15. The molecule has 1 saturated heterocycles. The third-order valence-corrected chi connectivity index (χ3v) is 6.85. The Hall–Kier alpha value is -1.16. The van der Waals surface area contributed by atoms with Gasteiger partial charge in [-0.2, -0.15) is 0 Å². The maximum atomic E-state index is 12.5. The lowest BCUT2D eigenvalue weighted by atomic mass is 9.88. The van der Waals surface area contributed by atoms with Crippen molar-refractivity contribution in [3.63, 3.8) is 0 Å². The highest BCUT2D eigenvalue weighted by molar-refractivity contribution is 6.31. The molecule has 1 aliphatic heterocycles. The molecule has 1 amide bonds. The van der Waals surface area contributed by atoms with Gasteiger partial charge in [-0.15, -0.1) is 0 Å². The minimum absolute atomic E-state index is 0.330. The second-order valence-electron chi connectivity index (χ2n) is 8.55. The van der Waals surface area contributed by atoms with E-state index in [2.05, 4.69) is 22.8 Å². The number of likely N-dealkylation sites (tertiary alicyclic amines) is 1. The number of carbonyl (C=O) groups is 1. The molecule has 2 fully saturated rings. The average Bonchev–Trinajstić information content (AvgIpc) is 3.17.